The molecule has 0 spiro atoms. The minimum absolute atomic E-state index is 0.0784. The molecule has 0 radical (unpaired) electrons. The van der Waals surface area contributed by atoms with Crippen molar-refractivity contribution in [2.24, 2.45) is 5.92 Å². The summed E-state index contributed by atoms with van der Waals surface area (Å²) in [4.78, 5) is 12.3. The molecule has 1 amide bonds. The second-order valence-corrected chi connectivity index (χ2v) is 5.50. The molecule has 4 heteroatoms. The number of carbonyl (C=O) groups excluding carboxylic acids is 1. The number of ether oxygens (including phenoxy) is 1. The smallest absolute Gasteiger partial charge is 0.252 e. The van der Waals surface area contributed by atoms with Gasteiger partial charge < -0.3 is 15.4 Å². The molecule has 1 atom stereocenters. The molecule has 1 unspecified atom stereocenters. The van der Waals surface area contributed by atoms with Gasteiger partial charge in [-0.05, 0) is 45.2 Å². The van der Waals surface area contributed by atoms with E-state index in [0.717, 1.165) is 38.3 Å². The average molecular weight is 240 g/mol. The van der Waals surface area contributed by atoms with Gasteiger partial charge in [-0.3, -0.25) is 4.79 Å². The molecule has 0 aromatic rings. The Balaban J connectivity index is 1.86. The molecule has 1 saturated heterocycles. The Bertz CT molecular complexity index is 271. The third-order valence-corrected chi connectivity index (χ3v) is 3.98. The lowest BCUT2D eigenvalue weighted by Crippen LogP contribution is -2.55. The normalized spacial score (nSPS) is 25.3. The first kappa shape index (κ1) is 12.8. The van der Waals surface area contributed by atoms with Crippen molar-refractivity contribution in [2.45, 2.75) is 50.7 Å². The number of rotatable bonds is 5. The predicted octanol–water partition coefficient (Wildman–Crippen LogP) is 1.06. The van der Waals surface area contributed by atoms with Crippen LogP contribution in [0.4, 0.5) is 0 Å². The van der Waals surface area contributed by atoms with E-state index in [2.05, 4.69) is 17.6 Å². The number of amides is 1. The van der Waals surface area contributed by atoms with Gasteiger partial charge in [0.1, 0.15) is 5.60 Å². The van der Waals surface area contributed by atoms with E-state index >= 15 is 0 Å². The first-order valence-electron chi connectivity index (χ1n) is 6.73. The summed E-state index contributed by atoms with van der Waals surface area (Å²) < 4.78 is 5.51. The molecular weight excluding hydrogens is 216 g/mol. The Labute approximate surface area is 103 Å². The largest absolute Gasteiger partial charge is 0.368 e. The Hall–Kier alpha value is -0.610. The average Bonchev–Trinajstić information content (AvgIpc) is 3.13. The maximum Gasteiger partial charge on any atom is 0.252 e. The molecule has 4 nitrogen and oxygen atoms in total. The summed E-state index contributed by atoms with van der Waals surface area (Å²) in [6.07, 6.45) is 5.32. The van der Waals surface area contributed by atoms with Crippen LogP contribution in [-0.2, 0) is 9.53 Å². The van der Waals surface area contributed by atoms with Crippen LogP contribution in [0.25, 0.3) is 0 Å². The van der Waals surface area contributed by atoms with E-state index in [-0.39, 0.29) is 11.9 Å². The lowest BCUT2D eigenvalue weighted by atomic mass is 9.90. The van der Waals surface area contributed by atoms with Gasteiger partial charge >= 0.3 is 0 Å². The van der Waals surface area contributed by atoms with Gasteiger partial charge in [0.15, 0.2) is 0 Å². The number of nitrogens with one attached hydrogen (secondary N) is 2. The van der Waals surface area contributed by atoms with Gasteiger partial charge in [0.2, 0.25) is 0 Å². The minimum atomic E-state index is -0.594. The van der Waals surface area contributed by atoms with Gasteiger partial charge in [0.25, 0.3) is 5.91 Å². The number of hydrogen-bond acceptors (Lipinski definition) is 3. The van der Waals surface area contributed by atoms with Crippen molar-refractivity contribution >= 4 is 5.91 Å². The Kier molecular flexibility index (Phi) is 4.05. The molecule has 1 saturated carbocycles. The fraction of sp³-hybridized carbons (Fsp3) is 0.923. The van der Waals surface area contributed by atoms with Crippen molar-refractivity contribution < 1.29 is 9.53 Å². The van der Waals surface area contributed by atoms with E-state index in [1.165, 1.54) is 12.8 Å². The van der Waals surface area contributed by atoms with Crippen molar-refractivity contribution in [2.75, 3.05) is 20.2 Å². The monoisotopic (exact) mass is 240 g/mol. The Morgan fingerprint density at radius 2 is 2.12 bits per heavy atom. The van der Waals surface area contributed by atoms with Gasteiger partial charge in [-0.25, -0.2) is 0 Å². The number of methoxy groups -OCH3 is 1. The number of hydrogen-bond donors (Lipinski definition) is 2. The molecule has 0 aromatic heterocycles. The van der Waals surface area contributed by atoms with Crippen LogP contribution in [0.3, 0.4) is 0 Å². The lowest BCUT2D eigenvalue weighted by Gasteiger charge is -2.35. The van der Waals surface area contributed by atoms with Gasteiger partial charge in [-0.15, -0.1) is 0 Å². The third kappa shape index (κ3) is 3.19. The van der Waals surface area contributed by atoms with Crippen LogP contribution in [0.15, 0.2) is 0 Å². The van der Waals surface area contributed by atoms with Crippen molar-refractivity contribution in [3.05, 3.63) is 0 Å². The SMILES string of the molecule is COC1(C(=O)NC(C)CC2CC2)CCNCC1. The topological polar surface area (TPSA) is 50.4 Å². The molecule has 2 aliphatic rings. The molecule has 2 fully saturated rings. The molecule has 1 heterocycles. The van der Waals surface area contributed by atoms with Crippen LogP contribution in [-0.4, -0.2) is 37.7 Å². The summed E-state index contributed by atoms with van der Waals surface area (Å²) in [6, 6.07) is 0.275. The molecule has 1 aliphatic carbocycles. The van der Waals surface area contributed by atoms with Crippen molar-refractivity contribution in [3.8, 4) is 0 Å². The summed E-state index contributed by atoms with van der Waals surface area (Å²) in [5, 5.41) is 6.39. The number of piperidine rings is 1. The summed E-state index contributed by atoms with van der Waals surface area (Å²) in [5.74, 6) is 0.923. The van der Waals surface area contributed by atoms with Crippen LogP contribution < -0.4 is 10.6 Å². The molecule has 2 rings (SSSR count). The van der Waals surface area contributed by atoms with Crippen molar-refractivity contribution in [3.63, 3.8) is 0 Å². The summed E-state index contributed by atoms with van der Waals surface area (Å²) in [5.41, 5.74) is -0.594. The van der Waals surface area contributed by atoms with E-state index in [0.29, 0.717) is 0 Å². The number of carbonyl (C=O) groups is 1. The molecule has 98 valence electrons. The van der Waals surface area contributed by atoms with Crippen LogP contribution >= 0.6 is 0 Å². The van der Waals surface area contributed by atoms with E-state index in [1.54, 1.807) is 7.11 Å². The highest BCUT2D eigenvalue weighted by Crippen LogP contribution is 2.33. The fourth-order valence-corrected chi connectivity index (χ4v) is 2.62. The molecule has 17 heavy (non-hydrogen) atoms. The van der Waals surface area contributed by atoms with Crippen LogP contribution in [0.1, 0.15) is 39.0 Å². The highest BCUT2D eigenvalue weighted by molar-refractivity contribution is 5.85. The van der Waals surface area contributed by atoms with Crippen LogP contribution in [0.5, 0.6) is 0 Å². The highest BCUT2D eigenvalue weighted by Gasteiger charge is 2.40. The van der Waals surface area contributed by atoms with Crippen molar-refractivity contribution in [1.82, 2.24) is 10.6 Å². The van der Waals surface area contributed by atoms with Crippen LogP contribution in [0, 0.1) is 5.92 Å². The van der Waals surface area contributed by atoms with E-state index in [1.807, 2.05) is 0 Å². The summed E-state index contributed by atoms with van der Waals surface area (Å²) in [7, 11) is 1.65. The Morgan fingerprint density at radius 3 is 2.65 bits per heavy atom. The second kappa shape index (κ2) is 5.36. The zero-order chi connectivity index (χ0) is 12.3. The first-order valence-corrected chi connectivity index (χ1v) is 6.73. The second-order valence-electron chi connectivity index (χ2n) is 5.50. The van der Waals surface area contributed by atoms with Gasteiger partial charge in [-0.2, -0.15) is 0 Å². The maximum absolute atomic E-state index is 12.3. The summed E-state index contributed by atoms with van der Waals surface area (Å²) >= 11 is 0. The maximum atomic E-state index is 12.3. The van der Waals surface area contributed by atoms with Gasteiger partial charge in [0.05, 0.1) is 0 Å². The first-order chi connectivity index (χ1) is 8.16. The Morgan fingerprint density at radius 1 is 1.47 bits per heavy atom. The third-order valence-electron chi connectivity index (χ3n) is 3.98. The van der Waals surface area contributed by atoms with Gasteiger partial charge in [-0.1, -0.05) is 12.8 Å². The zero-order valence-electron chi connectivity index (χ0n) is 10.9. The molecule has 0 aromatic carbocycles. The molecular formula is C13H24N2O2. The summed E-state index contributed by atoms with van der Waals surface area (Å²) in [6.45, 7) is 3.82. The van der Waals surface area contributed by atoms with E-state index in [4.69, 9.17) is 4.74 Å². The van der Waals surface area contributed by atoms with Crippen molar-refractivity contribution in [1.29, 1.82) is 0 Å². The standard InChI is InChI=1S/C13H24N2O2/c1-10(9-11-3-4-11)15-12(16)13(17-2)5-7-14-8-6-13/h10-11,14H,3-9H2,1-2H3,(H,15,16). The highest BCUT2D eigenvalue weighted by atomic mass is 16.5. The molecule has 1 aliphatic heterocycles. The lowest BCUT2D eigenvalue weighted by molar-refractivity contribution is -0.147. The predicted molar refractivity (Wildman–Crippen MR) is 66.8 cm³/mol. The van der Waals surface area contributed by atoms with E-state index in [9.17, 15) is 4.79 Å². The molecule has 0 bridgehead atoms. The fourth-order valence-electron chi connectivity index (χ4n) is 2.62. The quantitative estimate of drug-likeness (QED) is 0.755. The van der Waals surface area contributed by atoms with E-state index < -0.39 is 5.60 Å². The van der Waals surface area contributed by atoms with Gasteiger partial charge in [0, 0.05) is 13.2 Å². The minimum Gasteiger partial charge on any atom is -0.368 e. The zero-order valence-corrected chi connectivity index (χ0v) is 10.9. The van der Waals surface area contributed by atoms with Crippen LogP contribution in [0.2, 0.25) is 0 Å². The molecule has 2 N–H and O–H groups in total.